The van der Waals surface area contributed by atoms with Crippen LogP contribution in [0.5, 0.6) is 0 Å². The predicted octanol–water partition coefficient (Wildman–Crippen LogP) is 4.80. The van der Waals surface area contributed by atoms with Crippen LogP contribution in [0.3, 0.4) is 0 Å². The van der Waals surface area contributed by atoms with Crippen LogP contribution in [0.2, 0.25) is 0 Å². The molecule has 0 amide bonds. The summed E-state index contributed by atoms with van der Waals surface area (Å²) in [6.45, 7) is 1.97. The number of aromatic nitrogens is 1. The first-order valence-electron chi connectivity index (χ1n) is 4.90. The smallest absolute Gasteiger partial charge is 0.130 e. The number of pyridine rings is 1. The number of halogens is 3. The number of nitrogens with one attached hydrogen (secondary N) is 1. The molecule has 17 heavy (non-hydrogen) atoms. The summed E-state index contributed by atoms with van der Waals surface area (Å²) in [6.07, 6.45) is 1.71. The topological polar surface area (TPSA) is 24.9 Å². The summed E-state index contributed by atoms with van der Waals surface area (Å²) in [4.78, 5) is 4.20. The molecule has 0 unspecified atom stereocenters. The SMILES string of the molecule is Cc1cc(Nc2cc(F)ccc2Br)ncc1Br. The van der Waals surface area contributed by atoms with Crippen LogP contribution in [0.1, 0.15) is 5.56 Å². The van der Waals surface area contributed by atoms with E-state index in [2.05, 4.69) is 42.2 Å². The van der Waals surface area contributed by atoms with E-state index >= 15 is 0 Å². The van der Waals surface area contributed by atoms with Crippen molar-refractivity contribution in [2.75, 3.05) is 5.32 Å². The van der Waals surface area contributed by atoms with Gasteiger partial charge in [-0.1, -0.05) is 0 Å². The quantitative estimate of drug-likeness (QED) is 0.833. The van der Waals surface area contributed by atoms with Gasteiger partial charge in [0.05, 0.1) is 5.69 Å². The Labute approximate surface area is 116 Å². The van der Waals surface area contributed by atoms with Crippen LogP contribution in [0.15, 0.2) is 39.4 Å². The van der Waals surface area contributed by atoms with Gasteiger partial charge in [0.25, 0.3) is 0 Å². The molecular weight excluding hydrogens is 351 g/mol. The number of aryl methyl sites for hydroxylation is 1. The highest BCUT2D eigenvalue weighted by atomic mass is 79.9. The Hall–Kier alpha value is -0.940. The van der Waals surface area contributed by atoms with Crippen molar-refractivity contribution in [2.45, 2.75) is 6.92 Å². The molecule has 0 aliphatic heterocycles. The Morgan fingerprint density at radius 1 is 1.18 bits per heavy atom. The van der Waals surface area contributed by atoms with Crippen LogP contribution in [-0.2, 0) is 0 Å². The Morgan fingerprint density at radius 3 is 2.65 bits per heavy atom. The molecule has 0 fully saturated rings. The van der Waals surface area contributed by atoms with E-state index in [1.165, 1.54) is 12.1 Å². The molecule has 2 rings (SSSR count). The van der Waals surface area contributed by atoms with Gasteiger partial charge < -0.3 is 5.32 Å². The fraction of sp³-hybridized carbons (Fsp3) is 0.0833. The van der Waals surface area contributed by atoms with Crippen molar-refractivity contribution in [1.82, 2.24) is 4.98 Å². The lowest BCUT2D eigenvalue weighted by Gasteiger charge is -2.09. The zero-order valence-electron chi connectivity index (χ0n) is 8.97. The number of nitrogens with zero attached hydrogens (tertiary/aromatic N) is 1. The summed E-state index contributed by atoms with van der Waals surface area (Å²) in [6, 6.07) is 6.36. The van der Waals surface area contributed by atoms with Gasteiger partial charge in [-0.2, -0.15) is 0 Å². The Kier molecular flexibility index (Phi) is 3.79. The molecule has 1 aromatic carbocycles. The summed E-state index contributed by atoms with van der Waals surface area (Å²) in [5.74, 6) is 0.390. The highest BCUT2D eigenvalue weighted by Gasteiger charge is 2.04. The maximum atomic E-state index is 13.1. The summed E-state index contributed by atoms with van der Waals surface area (Å²) < 4.78 is 14.8. The summed E-state index contributed by atoms with van der Waals surface area (Å²) >= 11 is 6.74. The van der Waals surface area contributed by atoms with E-state index in [-0.39, 0.29) is 5.82 Å². The van der Waals surface area contributed by atoms with E-state index in [4.69, 9.17) is 0 Å². The van der Waals surface area contributed by atoms with Crippen molar-refractivity contribution in [3.05, 3.63) is 50.8 Å². The molecule has 2 aromatic rings. The van der Waals surface area contributed by atoms with Gasteiger partial charge in [0.1, 0.15) is 11.6 Å². The van der Waals surface area contributed by atoms with E-state index in [0.29, 0.717) is 11.5 Å². The number of rotatable bonds is 2. The Morgan fingerprint density at radius 2 is 1.94 bits per heavy atom. The Bertz CT molecular complexity index is 558. The molecular formula is C12H9Br2FN2. The summed E-state index contributed by atoms with van der Waals surface area (Å²) in [5.41, 5.74) is 1.72. The third-order valence-electron chi connectivity index (χ3n) is 2.24. The van der Waals surface area contributed by atoms with Crippen molar-refractivity contribution in [2.24, 2.45) is 0 Å². The molecule has 0 bridgehead atoms. The number of hydrogen-bond donors (Lipinski definition) is 1. The van der Waals surface area contributed by atoms with E-state index in [9.17, 15) is 4.39 Å². The molecule has 0 radical (unpaired) electrons. The average molecular weight is 360 g/mol. The molecule has 2 nitrogen and oxygen atoms in total. The van der Waals surface area contributed by atoms with Gasteiger partial charge in [-0.05, 0) is 68.6 Å². The molecule has 88 valence electrons. The molecule has 1 N–H and O–H groups in total. The fourth-order valence-corrected chi connectivity index (χ4v) is 1.90. The van der Waals surface area contributed by atoms with Gasteiger partial charge in [-0.15, -0.1) is 0 Å². The molecule has 0 atom stereocenters. The van der Waals surface area contributed by atoms with Gasteiger partial charge in [0.2, 0.25) is 0 Å². The van der Waals surface area contributed by atoms with Crippen LogP contribution >= 0.6 is 31.9 Å². The molecule has 1 aromatic heterocycles. The normalized spacial score (nSPS) is 10.4. The monoisotopic (exact) mass is 358 g/mol. The second-order valence-electron chi connectivity index (χ2n) is 3.57. The molecule has 0 saturated carbocycles. The van der Waals surface area contributed by atoms with Crippen LogP contribution in [-0.4, -0.2) is 4.98 Å². The van der Waals surface area contributed by atoms with Crippen molar-refractivity contribution >= 4 is 43.4 Å². The maximum Gasteiger partial charge on any atom is 0.130 e. The lowest BCUT2D eigenvalue weighted by Crippen LogP contribution is -1.95. The molecule has 0 aliphatic carbocycles. The second kappa shape index (κ2) is 5.14. The zero-order valence-corrected chi connectivity index (χ0v) is 12.1. The minimum absolute atomic E-state index is 0.287. The fourth-order valence-electron chi connectivity index (χ4n) is 1.34. The van der Waals surface area contributed by atoms with Crippen LogP contribution in [0.4, 0.5) is 15.9 Å². The molecule has 0 spiro atoms. The van der Waals surface area contributed by atoms with E-state index < -0.39 is 0 Å². The van der Waals surface area contributed by atoms with Crippen molar-refractivity contribution < 1.29 is 4.39 Å². The average Bonchev–Trinajstić information content (AvgIpc) is 2.29. The number of anilines is 2. The van der Waals surface area contributed by atoms with Crippen molar-refractivity contribution in [1.29, 1.82) is 0 Å². The maximum absolute atomic E-state index is 13.1. The minimum atomic E-state index is -0.287. The summed E-state index contributed by atoms with van der Waals surface area (Å²) in [7, 11) is 0. The first-order valence-corrected chi connectivity index (χ1v) is 6.49. The van der Waals surface area contributed by atoms with Gasteiger partial charge in [-0.25, -0.2) is 9.37 Å². The largest absolute Gasteiger partial charge is 0.339 e. The first-order chi connectivity index (χ1) is 8.06. The Balaban J connectivity index is 2.31. The highest BCUT2D eigenvalue weighted by Crippen LogP contribution is 2.27. The lowest BCUT2D eigenvalue weighted by atomic mass is 10.3. The summed E-state index contributed by atoms with van der Waals surface area (Å²) in [5, 5.41) is 3.06. The number of benzene rings is 1. The van der Waals surface area contributed by atoms with Crippen molar-refractivity contribution in [3.63, 3.8) is 0 Å². The lowest BCUT2D eigenvalue weighted by molar-refractivity contribution is 0.628. The molecule has 0 saturated heterocycles. The molecule has 5 heteroatoms. The molecule has 0 aliphatic rings. The third kappa shape index (κ3) is 3.04. The van der Waals surface area contributed by atoms with E-state index in [1.54, 1.807) is 12.3 Å². The number of hydrogen-bond acceptors (Lipinski definition) is 2. The van der Waals surface area contributed by atoms with Gasteiger partial charge in [0.15, 0.2) is 0 Å². The van der Waals surface area contributed by atoms with Gasteiger partial charge in [-0.3, -0.25) is 0 Å². The molecule has 1 heterocycles. The third-order valence-corrected chi connectivity index (χ3v) is 3.76. The minimum Gasteiger partial charge on any atom is -0.339 e. The standard InChI is InChI=1S/C12H9Br2FN2/c1-7-4-12(16-6-10(7)14)17-11-5-8(15)2-3-9(11)13/h2-6H,1H3,(H,16,17). The van der Waals surface area contributed by atoms with Crippen molar-refractivity contribution in [3.8, 4) is 0 Å². The van der Waals surface area contributed by atoms with Crippen LogP contribution in [0.25, 0.3) is 0 Å². The van der Waals surface area contributed by atoms with E-state index in [0.717, 1.165) is 14.5 Å². The van der Waals surface area contributed by atoms with Crippen LogP contribution < -0.4 is 5.32 Å². The zero-order chi connectivity index (χ0) is 12.4. The van der Waals surface area contributed by atoms with Crippen LogP contribution in [0, 0.1) is 12.7 Å². The predicted molar refractivity (Wildman–Crippen MR) is 74.1 cm³/mol. The second-order valence-corrected chi connectivity index (χ2v) is 5.28. The van der Waals surface area contributed by atoms with Gasteiger partial charge >= 0.3 is 0 Å². The first kappa shape index (κ1) is 12.5. The van der Waals surface area contributed by atoms with E-state index in [1.807, 2.05) is 13.0 Å². The highest BCUT2D eigenvalue weighted by molar-refractivity contribution is 9.10. The van der Waals surface area contributed by atoms with Gasteiger partial charge in [0, 0.05) is 15.1 Å².